The van der Waals surface area contributed by atoms with Crippen molar-refractivity contribution in [3.05, 3.63) is 83.7 Å². The molecule has 0 spiro atoms. The maximum Gasteiger partial charge on any atom is 0.271 e. The monoisotopic (exact) mass is 373 g/mol. The zero-order valence-corrected chi connectivity index (χ0v) is 15.3. The summed E-state index contributed by atoms with van der Waals surface area (Å²) in [6, 6.07) is 21.1. The number of fused-ring (bicyclic) bond motifs is 1. The number of para-hydroxylation sites is 1. The minimum Gasteiger partial charge on any atom is -0.495 e. The number of nitrogens with two attached hydrogens (primary N) is 1. The number of hydrogen-bond acceptors (Lipinski definition) is 5. The summed E-state index contributed by atoms with van der Waals surface area (Å²) in [5.74, 6) is 0.336. The van der Waals surface area contributed by atoms with Crippen LogP contribution in [0.15, 0.2) is 66.7 Å². The Kier molecular flexibility index (Phi) is 4.63. The molecule has 2 aromatic heterocycles. The molecule has 0 aliphatic carbocycles. The lowest BCUT2D eigenvalue weighted by atomic mass is 10.1. The molecular formula is C21H19N5O2. The summed E-state index contributed by atoms with van der Waals surface area (Å²) in [7, 11) is 1.59. The number of hydrogen-bond donors (Lipinski definition) is 2. The quantitative estimate of drug-likeness (QED) is 0.541. The summed E-state index contributed by atoms with van der Waals surface area (Å²) in [5.41, 5.74) is 8.87. The van der Waals surface area contributed by atoms with Gasteiger partial charge in [-0.15, -0.1) is 0 Å². The Bertz CT molecular complexity index is 1120. The molecule has 1 amide bonds. The van der Waals surface area contributed by atoms with Crippen LogP contribution in [-0.2, 0) is 6.42 Å². The number of carbonyl (C=O) groups is 1. The Hall–Kier alpha value is -3.87. The number of carbonyl (C=O) groups excluding carboxylic acids is 1. The van der Waals surface area contributed by atoms with E-state index in [4.69, 9.17) is 10.5 Å². The number of aromatic nitrogens is 3. The van der Waals surface area contributed by atoms with E-state index in [-0.39, 0.29) is 5.69 Å². The van der Waals surface area contributed by atoms with Crippen molar-refractivity contribution in [1.29, 1.82) is 0 Å². The molecule has 0 saturated carbocycles. The minimum absolute atomic E-state index is 0.191. The third kappa shape index (κ3) is 3.37. The van der Waals surface area contributed by atoms with Crippen molar-refractivity contribution < 1.29 is 9.53 Å². The number of methoxy groups -OCH3 is 1. The lowest BCUT2D eigenvalue weighted by Crippen LogP contribution is -2.17. The first-order chi connectivity index (χ1) is 13.7. The second-order valence-corrected chi connectivity index (χ2v) is 6.26. The van der Waals surface area contributed by atoms with E-state index >= 15 is 0 Å². The van der Waals surface area contributed by atoms with Crippen LogP contribution >= 0.6 is 0 Å². The highest BCUT2D eigenvalue weighted by molar-refractivity contribution is 5.97. The van der Waals surface area contributed by atoms with Crippen molar-refractivity contribution >= 4 is 23.1 Å². The molecular weight excluding hydrogens is 354 g/mol. The van der Waals surface area contributed by atoms with Crippen LogP contribution in [-0.4, -0.2) is 27.6 Å². The SMILES string of the molecule is COc1cc2nc(Nc3ccccc3)c(C(N)=O)n2nc1Cc1ccccc1. The van der Waals surface area contributed by atoms with Crippen LogP contribution in [0.5, 0.6) is 5.75 Å². The zero-order chi connectivity index (χ0) is 19.5. The van der Waals surface area contributed by atoms with Gasteiger partial charge < -0.3 is 15.8 Å². The van der Waals surface area contributed by atoms with Gasteiger partial charge >= 0.3 is 0 Å². The number of ether oxygens (including phenoxy) is 1. The number of benzene rings is 2. The molecule has 2 heterocycles. The summed E-state index contributed by atoms with van der Waals surface area (Å²) in [5, 5.41) is 7.75. The Morgan fingerprint density at radius 1 is 1.11 bits per heavy atom. The molecule has 2 aromatic carbocycles. The topological polar surface area (TPSA) is 94.5 Å². The van der Waals surface area contributed by atoms with Crippen LogP contribution in [0.25, 0.3) is 5.65 Å². The summed E-state index contributed by atoms with van der Waals surface area (Å²) in [4.78, 5) is 16.7. The number of imidazole rings is 1. The van der Waals surface area contributed by atoms with Crippen LogP contribution in [0.1, 0.15) is 21.7 Å². The van der Waals surface area contributed by atoms with Gasteiger partial charge in [0.1, 0.15) is 11.4 Å². The molecule has 4 aromatic rings. The lowest BCUT2D eigenvalue weighted by Gasteiger charge is -2.09. The van der Waals surface area contributed by atoms with E-state index in [1.165, 1.54) is 4.52 Å². The fourth-order valence-corrected chi connectivity index (χ4v) is 3.05. The fourth-order valence-electron chi connectivity index (χ4n) is 3.05. The molecule has 0 unspecified atom stereocenters. The van der Waals surface area contributed by atoms with Gasteiger partial charge in [-0.2, -0.15) is 5.10 Å². The van der Waals surface area contributed by atoms with Gasteiger partial charge in [0.15, 0.2) is 17.2 Å². The number of anilines is 2. The summed E-state index contributed by atoms with van der Waals surface area (Å²) in [6.07, 6.45) is 0.553. The van der Waals surface area contributed by atoms with Gasteiger partial charge in [-0.05, 0) is 17.7 Å². The van der Waals surface area contributed by atoms with Gasteiger partial charge in [-0.3, -0.25) is 4.79 Å². The highest BCUT2D eigenvalue weighted by Crippen LogP contribution is 2.26. The molecule has 7 nitrogen and oxygen atoms in total. The smallest absolute Gasteiger partial charge is 0.271 e. The van der Waals surface area contributed by atoms with E-state index in [0.29, 0.717) is 29.3 Å². The third-order valence-corrected chi connectivity index (χ3v) is 4.35. The second kappa shape index (κ2) is 7.40. The van der Waals surface area contributed by atoms with Gasteiger partial charge in [0.25, 0.3) is 5.91 Å². The molecule has 0 fully saturated rings. The second-order valence-electron chi connectivity index (χ2n) is 6.26. The first-order valence-corrected chi connectivity index (χ1v) is 8.78. The average Bonchev–Trinajstić information content (AvgIpc) is 3.05. The van der Waals surface area contributed by atoms with Gasteiger partial charge in [0, 0.05) is 18.2 Å². The van der Waals surface area contributed by atoms with Crippen molar-refractivity contribution in [3.63, 3.8) is 0 Å². The van der Waals surface area contributed by atoms with Crippen molar-refractivity contribution in [1.82, 2.24) is 14.6 Å². The van der Waals surface area contributed by atoms with Crippen LogP contribution in [0.3, 0.4) is 0 Å². The van der Waals surface area contributed by atoms with Crippen LogP contribution in [0.2, 0.25) is 0 Å². The number of primary amides is 1. The third-order valence-electron chi connectivity index (χ3n) is 4.35. The molecule has 0 atom stereocenters. The summed E-state index contributed by atoms with van der Waals surface area (Å²) >= 11 is 0. The number of nitrogens with zero attached hydrogens (tertiary/aromatic N) is 3. The summed E-state index contributed by atoms with van der Waals surface area (Å²) < 4.78 is 6.97. The minimum atomic E-state index is -0.616. The van der Waals surface area contributed by atoms with E-state index < -0.39 is 5.91 Å². The molecule has 0 aliphatic rings. The molecule has 0 saturated heterocycles. The van der Waals surface area contributed by atoms with E-state index in [1.807, 2.05) is 60.7 Å². The maximum atomic E-state index is 12.2. The average molecular weight is 373 g/mol. The molecule has 7 heteroatoms. The van der Waals surface area contributed by atoms with E-state index in [9.17, 15) is 4.79 Å². The van der Waals surface area contributed by atoms with Crippen molar-refractivity contribution in [2.24, 2.45) is 5.73 Å². The van der Waals surface area contributed by atoms with Gasteiger partial charge in [0.05, 0.1) is 7.11 Å². The molecule has 28 heavy (non-hydrogen) atoms. The van der Waals surface area contributed by atoms with Gasteiger partial charge in [0.2, 0.25) is 0 Å². The summed E-state index contributed by atoms with van der Waals surface area (Å²) in [6.45, 7) is 0. The van der Waals surface area contributed by atoms with Crippen LogP contribution in [0.4, 0.5) is 11.5 Å². The maximum absolute atomic E-state index is 12.2. The highest BCUT2D eigenvalue weighted by Gasteiger charge is 2.21. The van der Waals surface area contributed by atoms with Crippen LogP contribution < -0.4 is 15.8 Å². The van der Waals surface area contributed by atoms with E-state index in [2.05, 4.69) is 15.4 Å². The highest BCUT2D eigenvalue weighted by atomic mass is 16.5. The van der Waals surface area contributed by atoms with Crippen molar-refractivity contribution in [3.8, 4) is 5.75 Å². The standard InChI is InChI=1S/C21H19N5O2/c1-28-17-13-18-24-21(23-15-10-6-3-7-11-15)19(20(22)27)26(18)25-16(17)12-14-8-4-2-5-9-14/h2-11,13,23H,12H2,1H3,(H2,22,27). The molecule has 140 valence electrons. The normalized spacial score (nSPS) is 10.8. The van der Waals surface area contributed by atoms with E-state index in [0.717, 1.165) is 11.3 Å². The Labute approximate surface area is 161 Å². The Morgan fingerprint density at radius 2 is 1.79 bits per heavy atom. The molecule has 0 bridgehead atoms. The molecule has 3 N–H and O–H groups in total. The predicted octanol–water partition coefficient (Wildman–Crippen LogP) is 3.17. The van der Waals surface area contributed by atoms with Crippen LogP contribution in [0, 0.1) is 0 Å². The number of nitrogens with one attached hydrogen (secondary N) is 1. The molecule has 4 rings (SSSR count). The van der Waals surface area contributed by atoms with Gasteiger partial charge in [-0.1, -0.05) is 48.5 Å². The predicted molar refractivity (Wildman–Crippen MR) is 107 cm³/mol. The largest absolute Gasteiger partial charge is 0.495 e. The van der Waals surface area contributed by atoms with Gasteiger partial charge in [-0.25, -0.2) is 9.50 Å². The number of amides is 1. The Balaban J connectivity index is 1.82. The number of rotatable bonds is 6. The van der Waals surface area contributed by atoms with Crippen molar-refractivity contribution in [2.75, 3.05) is 12.4 Å². The van der Waals surface area contributed by atoms with Crippen molar-refractivity contribution in [2.45, 2.75) is 6.42 Å². The zero-order valence-electron chi connectivity index (χ0n) is 15.3. The fraction of sp³-hybridized carbons (Fsp3) is 0.0952. The molecule has 0 radical (unpaired) electrons. The first kappa shape index (κ1) is 17.5. The Morgan fingerprint density at radius 3 is 2.43 bits per heavy atom. The molecule has 0 aliphatic heterocycles. The first-order valence-electron chi connectivity index (χ1n) is 8.78. The lowest BCUT2D eigenvalue weighted by molar-refractivity contribution is 0.0994. The van der Waals surface area contributed by atoms with E-state index in [1.54, 1.807) is 13.2 Å².